The first-order chi connectivity index (χ1) is 14.4. The van der Waals surface area contributed by atoms with Crippen molar-refractivity contribution in [2.45, 2.75) is 20.0 Å². The van der Waals surface area contributed by atoms with Crippen molar-refractivity contribution in [1.29, 1.82) is 0 Å². The Morgan fingerprint density at radius 2 is 1.23 bits per heavy atom. The lowest BCUT2D eigenvalue weighted by atomic mass is 9.98. The van der Waals surface area contributed by atoms with E-state index >= 15 is 0 Å². The molecule has 0 amide bonds. The number of hydrogen-bond donors (Lipinski definition) is 0. The lowest BCUT2D eigenvalue weighted by Gasteiger charge is -2.19. The summed E-state index contributed by atoms with van der Waals surface area (Å²) in [6.07, 6.45) is -1.10. The van der Waals surface area contributed by atoms with Crippen LogP contribution in [0.1, 0.15) is 43.5 Å². The molecule has 0 spiro atoms. The molecule has 3 aromatic rings. The molecular weight excluding hydrogens is 380 g/mol. The molecule has 0 saturated carbocycles. The van der Waals surface area contributed by atoms with Gasteiger partial charge < -0.3 is 14.2 Å². The molecule has 0 N–H and O–H groups in total. The van der Waals surface area contributed by atoms with Crippen LogP contribution < -0.4 is 9.47 Å². The third-order valence-electron chi connectivity index (χ3n) is 4.81. The predicted octanol–water partition coefficient (Wildman–Crippen LogP) is 5.10. The highest BCUT2D eigenvalue weighted by Crippen LogP contribution is 2.32. The van der Waals surface area contributed by atoms with Crippen molar-refractivity contribution in [2.75, 3.05) is 14.2 Å². The maximum absolute atomic E-state index is 13.3. The first-order valence-electron chi connectivity index (χ1n) is 9.54. The minimum absolute atomic E-state index is 0.135. The van der Waals surface area contributed by atoms with E-state index in [9.17, 15) is 9.59 Å². The van der Waals surface area contributed by atoms with Crippen LogP contribution in [0.3, 0.4) is 0 Å². The second-order valence-corrected chi connectivity index (χ2v) is 6.96. The fourth-order valence-electron chi connectivity index (χ4n) is 3.10. The van der Waals surface area contributed by atoms with E-state index < -0.39 is 12.1 Å². The van der Waals surface area contributed by atoms with E-state index in [-0.39, 0.29) is 11.3 Å². The maximum atomic E-state index is 13.3. The maximum Gasteiger partial charge on any atom is 0.346 e. The van der Waals surface area contributed by atoms with Gasteiger partial charge in [0.05, 0.1) is 14.2 Å². The minimum atomic E-state index is -1.10. The first-order valence-corrected chi connectivity index (χ1v) is 9.54. The SMILES string of the molecule is COc1cccc(OC)c1C(=O)O[C@@H](C(=O)c1ccc(C)cc1)c1ccc(C)cc1. The molecule has 0 radical (unpaired) electrons. The fourth-order valence-corrected chi connectivity index (χ4v) is 3.10. The van der Waals surface area contributed by atoms with Crippen LogP contribution in [0.15, 0.2) is 66.7 Å². The van der Waals surface area contributed by atoms with Crippen LogP contribution in [0, 0.1) is 13.8 Å². The van der Waals surface area contributed by atoms with Gasteiger partial charge in [-0.05, 0) is 26.0 Å². The molecule has 0 saturated heterocycles. The number of benzene rings is 3. The van der Waals surface area contributed by atoms with Gasteiger partial charge in [0.25, 0.3) is 0 Å². The molecule has 0 aliphatic carbocycles. The largest absolute Gasteiger partial charge is 0.496 e. The summed E-state index contributed by atoms with van der Waals surface area (Å²) in [5.41, 5.74) is 3.27. The van der Waals surface area contributed by atoms with Gasteiger partial charge in [-0.3, -0.25) is 4.79 Å². The zero-order valence-electron chi connectivity index (χ0n) is 17.5. The van der Waals surface area contributed by atoms with Crippen LogP contribution in [0.2, 0.25) is 0 Å². The molecule has 0 unspecified atom stereocenters. The Morgan fingerprint density at radius 1 is 0.733 bits per heavy atom. The van der Waals surface area contributed by atoms with Gasteiger partial charge in [-0.1, -0.05) is 65.7 Å². The molecule has 0 fully saturated rings. The van der Waals surface area contributed by atoms with Gasteiger partial charge in [0.2, 0.25) is 5.78 Å². The summed E-state index contributed by atoms with van der Waals surface area (Å²) in [4.78, 5) is 26.4. The Morgan fingerprint density at radius 3 is 1.73 bits per heavy atom. The lowest BCUT2D eigenvalue weighted by molar-refractivity contribution is 0.0274. The second-order valence-electron chi connectivity index (χ2n) is 6.96. The van der Waals surface area contributed by atoms with Gasteiger partial charge in [0.1, 0.15) is 17.1 Å². The van der Waals surface area contributed by atoms with Crippen molar-refractivity contribution >= 4 is 11.8 Å². The molecular formula is C25H24O5. The van der Waals surface area contributed by atoms with E-state index in [1.54, 1.807) is 42.5 Å². The van der Waals surface area contributed by atoms with Crippen molar-refractivity contribution in [2.24, 2.45) is 0 Å². The number of esters is 1. The van der Waals surface area contributed by atoms with Crippen molar-refractivity contribution in [3.05, 3.63) is 94.5 Å². The molecule has 0 aliphatic rings. The number of carbonyl (C=O) groups excluding carboxylic acids is 2. The first kappa shape index (κ1) is 21.1. The van der Waals surface area contributed by atoms with Crippen LogP contribution in [0.5, 0.6) is 11.5 Å². The van der Waals surface area contributed by atoms with Gasteiger partial charge in [-0.15, -0.1) is 0 Å². The number of carbonyl (C=O) groups is 2. The van der Waals surface area contributed by atoms with Gasteiger partial charge in [0, 0.05) is 11.1 Å². The van der Waals surface area contributed by atoms with Gasteiger partial charge in [-0.2, -0.15) is 0 Å². The topological polar surface area (TPSA) is 61.8 Å². The van der Waals surface area contributed by atoms with E-state index in [0.717, 1.165) is 11.1 Å². The monoisotopic (exact) mass is 404 g/mol. The van der Waals surface area contributed by atoms with E-state index in [1.807, 2.05) is 38.1 Å². The molecule has 3 rings (SSSR count). The number of ether oxygens (including phenoxy) is 3. The van der Waals surface area contributed by atoms with E-state index in [2.05, 4.69) is 0 Å². The Bertz CT molecular complexity index is 1010. The highest BCUT2D eigenvalue weighted by atomic mass is 16.6. The van der Waals surface area contributed by atoms with Crippen molar-refractivity contribution in [3.8, 4) is 11.5 Å². The molecule has 0 bridgehead atoms. The normalized spacial score (nSPS) is 11.5. The lowest BCUT2D eigenvalue weighted by Crippen LogP contribution is -2.21. The Hall–Kier alpha value is -3.60. The summed E-state index contributed by atoms with van der Waals surface area (Å²) >= 11 is 0. The standard InChI is InChI=1S/C25H24O5/c1-16-8-12-18(13-9-16)23(26)24(19-14-10-17(2)11-15-19)30-25(27)22-20(28-3)6-5-7-21(22)29-4/h5-15,24H,1-4H3/t24-/m1/s1. The summed E-state index contributed by atoms with van der Waals surface area (Å²) in [6.45, 7) is 3.89. The summed E-state index contributed by atoms with van der Waals surface area (Å²) in [7, 11) is 2.92. The number of methoxy groups -OCH3 is 2. The molecule has 154 valence electrons. The van der Waals surface area contributed by atoms with Crippen molar-refractivity contribution < 1.29 is 23.8 Å². The highest BCUT2D eigenvalue weighted by Gasteiger charge is 2.29. The van der Waals surface area contributed by atoms with Crippen molar-refractivity contribution in [1.82, 2.24) is 0 Å². The third-order valence-corrected chi connectivity index (χ3v) is 4.81. The van der Waals surface area contributed by atoms with Gasteiger partial charge in [-0.25, -0.2) is 4.79 Å². The Kier molecular flexibility index (Phi) is 6.52. The van der Waals surface area contributed by atoms with E-state index in [0.29, 0.717) is 22.6 Å². The Labute approximate surface area is 176 Å². The number of Topliss-reactive ketones (excluding diaryl/α,β-unsaturated/α-hetero) is 1. The van der Waals surface area contributed by atoms with Crippen LogP contribution >= 0.6 is 0 Å². The fraction of sp³-hybridized carbons (Fsp3) is 0.200. The number of rotatable bonds is 7. The molecule has 1 atom stereocenters. The summed E-state index contributed by atoms with van der Waals surface area (Å²) in [5.74, 6) is -0.383. The molecule has 0 heterocycles. The molecule has 5 nitrogen and oxygen atoms in total. The zero-order chi connectivity index (χ0) is 21.7. The van der Waals surface area contributed by atoms with E-state index in [4.69, 9.17) is 14.2 Å². The smallest absolute Gasteiger partial charge is 0.346 e. The highest BCUT2D eigenvalue weighted by molar-refractivity contribution is 6.03. The van der Waals surface area contributed by atoms with E-state index in [1.165, 1.54) is 14.2 Å². The van der Waals surface area contributed by atoms with Crippen LogP contribution in [-0.2, 0) is 4.74 Å². The minimum Gasteiger partial charge on any atom is -0.496 e. The average molecular weight is 404 g/mol. The van der Waals surface area contributed by atoms with Crippen LogP contribution in [0.4, 0.5) is 0 Å². The molecule has 0 aliphatic heterocycles. The summed E-state index contributed by atoms with van der Waals surface area (Å²) in [5, 5.41) is 0. The third kappa shape index (κ3) is 4.51. The Balaban J connectivity index is 2.01. The quantitative estimate of drug-likeness (QED) is 0.405. The van der Waals surface area contributed by atoms with Gasteiger partial charge in [0.15, 0.2) is 6.10 Å². The second kappa shape index (κ2) is 9.27. The van der Waals surface area contributed by atoms with Gasteiger partial charge >= 0.3 is 5.97 Å². The summed E-state index contributed by atoms with van der Waals surface area (Å²) in [6, 6.07) is 19.5. The number of aryl methyl sites for hydroxylation is 2. The number of hydrogen-bond acceptors (Lipinski definition) is 5. The number of ketones is 1. The predicted molar refractivity (Wildman–Crippen MR) is 114 cm³/mol. The zero-order valence-corrected chi connectivity index (χ0v) is 17.5. The average Bonchev–Trinajstić information content (AvgIpc) is 2.77. The van der Waals surface area contributed by atoms with Crippen LogP contribution in [0.25, 0.3) is 0 Å². The molecule has 30 heavy (non-hydrogen) atoms. The van der Waals surface area contributed by atoms with Crippen LogP contribution in [-0.4, -0.2) is 26.0 Å². The molecule has 3 aromatic carbocycles. The van der Waals surface area contributed by atoms with Crippen molar-refractivity contribution in [3.63, 3.8) is 0 Å². The molecule has 5 heteroatoms. The molecule has 0 aromatic heterocycles. The summed E-state index contributed by atoms with van der Waals surface area (Å²) < 4.78 is 16.4.